The van der Waals surface area contributed by atoms with Crippen molar-refractivity contribution in [1.82, 2.24) is 15.0 Å². The molecule has 0 spiro atoms. The molecule has 34 heavy (non-hydrogen) atoms. The molecule has 0 unspecified atom stereocenters. The number of nitrogens with zero attached hydrogens (tertiary/aromatic N) is 3. The van der Waals surface area contributed by atoms with Crippen LogP contribution in [0.25, 0.3) is 0 Å². The van der Waals surface area contributed by atoms with Crippen molar-refractivity contribution >= 4 is 41.8 Å². The first kappa shape index (κ1) is 23.1. The fourth-order valence-corrected chi connectivity index (χ4v) is 3.26. The Balaban J connectivity index is 1.58. The summed E-state index contributed by atoms with van der Waals surface area (Å²) in [6.07, 6.45) is 1.02. The monoisotopic (exact) mass is 466 g/mol. The molecule has 0 amide bonds. The van der Waals surface area contributed by atoms with Crippen molar-refractivity contribution in [3.05, 3.63) is 36.3 Å². The molecule has 3 heterocycles. The summed E-state index contributed by atoms with van der Waals surface area (Å²) in [6, 6.07) is 6.59. The van der Waals surface area contributed by atoms with Crippen molar-refractivity contribution in [3.63, 3.8) is 0 Å². The molecular weight excluding hydrogens is 444 g/mol. The summed E-state index contributed by atoms with van der Waals surface area (Å²) < 4.78 is 36.1. The lowest BCUT2D eigenvalue weighted by Gasteiger charge is -2.30. The van der Waals surface area contributed by atoms with Gasteiger partial charge in [-0.05, 0) is 26.0 Å². The van der Waals surface area contributed by atoms with E-state index in [1.54, 1.807) is 38.1 Å². The summed E-state index contributed by atoms with van der Waals surface area (Å²) in [7, 11) is 5.90. The first-order valence-electron chi connectivity index (χ1n) is 10.2. The Labute approximate surface area is 196 Å². The molecular formula is C22H22BFN5O5. The first-order chi connectivity index (χ1) is 16.2. The van der Waals surface area contributed by atoms with E-state index in [-0.39, 0.29) is 23.3 Å². The van der Waals surface area contributed by atoms with E-state index in [4.69, 9.17) is 18.9 Å². The van der Waals surface area contributed by atoms with Gasteiger partial charge in [-0.3, -0.25) is 0 Å². The first-order valence-corrected chi connectivity index (χ1v) is 10.2. The van der Waals surface area contributed by atoms with Crippen molar-refractivity contribution in [2.75, 3.05) is 32.0 Å². The molecule has 0 atom stereocenters. The third-order valence-corrected chi connectivity index (χ3v) is 5.02. The minimum absolute atomic E-state index is 0.110. The van der Waals surface area contributed by atoms with Gasteiger partial charge in [0.25, 0.3) is 7.28 Å². The smallest absolute Gasteiger partial charge is 0.277 e. The number of hydrogen-bond donors (Lipinski definition) is 2. The van der Waals surface area contributed by atoms with Gasteiger partial charge >= 0.3 is 0 Å². The molecule has 1 radical (unpaired) electrons. The zero-order chi connectivity index (χ0) is 24.5. The largest absolute Gasteiger partial charge is 0.493 e. The lowest BCUT2D eigenvalue weighted by atomic mass is 9.62. The lowest BCUT2D eigenvalue weighted by Crippen LogP contribution is -2.51. The van der Waals surface area contributed by atoms with Crippen molar-refractivity contribution in [2.24, 2.45) is 0 Å². The summed E-state index contributed by atoms with van der Waals surface area (Å²) in [5.41, 5.74) is -0.295. The number of pyridine rings is 1. The van der Waals surface area contributed by atoms with E-state index < -0.39 is 11.4 Å². The van der Waals surface area contributed by atoms with Gasteiger partial charge in [0.1, 0.15) is 17.2 Å². The molecule has 175 valence electrons. The van der Waals surface area contributed by atoms with Gasteiger partial charge in [0.2, 0.25) is 11.7 Å². The lowest BCUT2D eigenvalue weighted by molar-refractivity contribution is -0.124. The third kappa shape index (κ3) is 4.52. The molecule has 1 aromatic carbocycles. The highest BCUT2D eigenvalue weighted by molar-refractivity contribution is 6.85. The van der Waals surface area contributed by atoms with Crippen LogP contribution in [0, 0.1) is 5.82 Å². The molecule has 1 aliphatic heterocycles. The molecule has 0 fully saturated rings. The Kier molecular flexibility index (Phi) is 6.14. The molecule has 2 aromatic heterocycles. The van der Waals surface area contributed by atoms with Crippen molar-refractivity contribution in [2.45, 2.75) is 19.4 Å². The molecule has 2 N–H and O–H groups in total. The molecule has 3 aromatic rings. The van der Waals surface area contributed by atoms with Crippen LogP contribution in [0.4, 0.5) is 27.7 Å². The van der Waals surface area contributed by atoms with Crippen LogP contribution in [0.2, 0.25) is 0 Å². The number of methoxy groups -OCH3 is 3. The van der Waals surface area contributed by atoms with Gasteiger partial charge in [-0.15, -0.1) is 0 Å². The van der Waals surface area contributed by atoms with Gasteiger partial charge in [0.15, 0.2) is 28.7 Å². The standard InChI is InChI=1S/C22H22BFN5O5/c1-22(2)20(30)23-18-13(34-22)6-7-16(27-18)28-19-12(24)10-25-21(29-19)26-11-8-14(31-3)17(33-5)15(9-11)32-4/h6-10H,1-5H3,(H2,25,26,27,28,29). The second-order valence-electron chi connectivity index (χ2n) is 7.75. The normalized spacial score (nSPS) is 13.8. The van der Waals surface area contributed by atoms with E-state index in [2.05, 4.69) is 25.6 Å². The SMILES string of the molecule is COc1cc(Nc2ncc(F)c(Nc3ccc4c(n3)[B]C(=O)C(C)(C)O4)n2)cc(OC)c1OC. The minimum atomic E-state index is -0.963. The predicted molar refractivity (Wildman–Crippen MR) is 124 cm³/mol. The number of carbonyl (C=O) groups is 1. The molecule has 0 saturated heterocycles. The van der Waals surface area contributed by atoms with Crippen molar-refractivity contribution < 1.29 is 28.1 Å². The number of anilines is 4. The second kappa shape index (κ2) is 9.04. The van der Waals surface area contributed by atoms with Crippen LogP contribution < -0.4 is 35.2 Å². The maximum Gasteiger partial charge on any atom is 0.277 e. The summed E-state index contributed by atoms with van der Waals surface area (Å²) in [6.45, 7) is 3.36. The summed E-state index contributed by atoms with van der Waals surface area (Å²) >= 11 is 0. The van der Waals surface area contributed by atoms with E-state index in [1.165, 1.54) is 28.6 Å². The number of rotatable bonds is 7. The minimum Gasteiger partial charge on any atom is -0.493 e. The fourth-order valence-electron chi connectivity index (χ4n) is 3.26. The molecule has 4 rings (SSSR count). The van der Waals surface area contributed by atoms with Gasteiger partial charge < -0.3 is 34.4 Å². The highest BCUT2D eigenvalue weighted by atomic mass is 19.1. The summed E-state index contributed by atoms with van der Waals surface area (Å²) in [5.74, 6) is 1.35. The highest BCUT2D eigenvalue weighted by Crippen LogP contribution is 2.40. The topological polar surface area (TPSA) is 117 Å². The number of aromatic nitrogens is 3. The Morgan fingerprint density at radius 1 is 1.03 bits per heavy atom. The van der Waals surface area contributed by atoms with Crippen LogP contribution in [0.1, 0.15) is 13.8 Å². The second-order valence-corrected chi connectivity index (χ2v) is 7.75. The van der Waals surface area contributed by atoms with Gasteiger partial charge in [-0.2, -0.15) is 4.98 Å². The summed E-state index contributed by atoms with van der Waals surface area (Å²) in [4.78, 5) is 24.7. The number of halogens is 1. The number of benzene rings is 1. The van der Waals surface area contributed by atoms with Crippen LogP contribution in [-0.2, 0) is 4.79 Å². The maximum atomic E-state index is 14.4. The zero-order valence-corrected chi connectivity index (χ0v) is 19.2. The Morgan fingerprint density at radius 2 is 1.74 bits per heavy atom. The number of carbonyl (C=O) groups excluding carboxylic acids is 1. The average molecular weight is 466 g/mol. The van der Waals surface area contributed by atoms with Crippen LogP contribution in [0.5, 0.6) is 23.0 Å². The Bertz CT molecular complexity index is 1230. The van der Waals surface area contributed by atoms with Crippen LogP contribution >= 0.6 is 0 Å². The fraction of sp³-hybridized carbons (Fsp3) is 0.273. The predicted octanol–water partition coefficient (Wildman–Crippen LogP) is 2.55. The van der Waals surface area contributed by atoms with Crippen molar-refractivity contribution in [1.29, 1.82) is 0 Å². The van der Waals surface area contributed by atoms with E-state index in [0.717, 1.165) is 6.20 Å². The highest BCUT2D eigenvalue weighted by Gasteiger charge is 2.36. The van der Waals surface area contributed by atoms with Crippen LogP contribution in [0.3, 0.4) is 0 Å². The quantitative estimate of drug-likeness (QED) is 0.503. The van der Waals surface area contributed by atoms with E-state index in [1.807, 2.05) is 0 Å². The van der Waals surface area contributed by atoms with E-state index in [9.17, 15) is 9.18 Å². The number of hydrogen-bond acceptors (Lipinski definition) is 10. The van der Waals surface area contributed by atoms with E-state index >= 15 is 0 Å². The van der Waals surface area contributed by atoms with Gasteiger partial charge in [0.05, 0.1) is 33.1 Å². The number of fused-ring (bicyclic) bond motifs is 1. The molecule has 0 aliphatic carbocycles. The number of ether oxygens (including phenoxy) is 4. The van der Waals surface area contributed by atoms with Crippen LogP contribution in [-0.4, -0.2) is 54.8 Å². The van der Waals surface area contributed by atoms with Gasteiger partial charge in [0, 0.05) is 17.8 Å². The van der Waals surface area contributed by atoms with Crippen molar-refractivity contribution in [3.8, 4) is 23.0 Å². The van der Waals surface area contributed by atoms with Gasteiger partial charge in [-0.25, -0.2) is 14.4 Å². The maximum absolute atomic E-state index is 14.4. The number of nitrogens with one attached hydrogen (secondary N) is 2. The summed E-state index contributed by atoms with van der Waals surface area (Å²) in [5, 5.41) is 5.80. The molecule has 12 heteroatoms. The van der Waals surface area contributed by atoms with E-state index in [0.29, 0.717) is 34.3 Å². The third-order valence-electron chi connectivity index (χ3n) is 5.02. The Morgan fingerprint density at radius 3 is 2.38 bits per heavy atom. The molecule has 10 nitrogen and oxygen atoms in total. The average Bonchev–Trinajstić information content (AvgIpc) is 2.81. The molecule has 0 saturated carbocycles. The Hall–Kier alpha value is -4.09. The molecule has 0 bridgehead atoms. The zero-order valence-electron chi connectivity index (χ0n) is 19.2. The van der Waals surface area contributed by atoms with Gasteiger partial charge in [-0.1, -0.05) is 0 Å². The molecule has 1 aliphatic rings. The van der Waals surface area contributed by atoms with Crippen LogP contribution in [0.15, 0.2) is 30.5 Å².